The van der Waals surface area contributed by atoms with Crippen LogP contribution in [0.1, 0.15) is 25.0 Å². The van der Waals surface area contributed by atoms with Crippen LogP contribution in [0.15, 0.2) is 48.5 Å². The topological polar surface area (TPSA) is 24.9 Å². The Kier molecular flexibility index (Phi) is 4.39. The first-order valence-electron chi connectivity index (χ1n) is 9.48. The summed E-state index contributed by atoms with van der Waals surface area (Å²) in [5, 5.41) is 2.10. The van der Waals surface area contributed by atoms with Gasteiger partial charge in [-0.1, -0.05) is 44.2 Å². The molecule has 4 nitrogen and oxygen atoms in total. The van der Waals surface area contributed by atoms with E-state index < -0.39 is 0 Å². The van der Waals surface area contributed by atoms with Crippen LogP contribution in [-0.2, 0) is 11.3 Å². The Morgan fingerprint density at radius 2 is 1.89 bits per heavy atom. The van der Waals surface area contributed by atoms with Gasteiger partial charge in [0.2, 0.25) is 0 Å². The first-order valence-corrected chi connectivity index (χ1v) is 9.48. The van der Waals surface area contributed by atoms with E-state index in [1.807, 2.05) is 6.07 Å². The van der Waals surface area contributed by atoms with Crippen molar-refractivity contribution < 1.29 is 9.57 Å². The van der Waals surface area contributed by atoms with Crippen molar-refractivity contribution in [3.05, 3.63) is 59.7 Å². The van der Waals surface area contributed by atoms with E-state index in [1.54, 1.807) is 7.11 Å². The van der Waals surface area contributed by atoms with Crippen LogP contribution in [-0.4, -0.2) is 33.4 Å². The highest BCUT2D eigenvalue weighted by molar-refractivity contribution is 5.62. The third kappa shape index (κ3) is 3.08. The SMILES string of the molecule is COc1ccc2c(c1)N1OC(C=Cc3ccc(N(C)C)cc3)C(C)(C)C1C2. The van der Waals surface area contributed by atoms with E-state index >= 15 is 0 Å². The van der Waals surface area contributed by atoms with Gasteiger partial charge in [-0.05, 0) is 35.7 Å². The van der Waals surface area contributed by atoms with Crippen LogP contribution in [0.4, 0.5) is 11.4 Å². The van der Waals surface area contributed by atoms with Crippen molar-refractivity contribution in [3.63, 3.8) is 0 Å². The van der Waals surface area contributed by atoms with Crippen molar-refractivity contribution >= 4 is 17.5 Å². The molecule has 0 amide bonds. The molecule has 0 aromatic heterocycles. The third-order valence-corrected chi connectivity index (χ3v) is 5.92. The molecule has 0 aliphatic carbocycles. The molecule has 142 valence electrons. The Bertz CT molecular complexity index is 855. The number of nitrogens with zero attached hydrogens (tertiary/aromatic N) is 2. The van der Waals surface area contributed by atoms with Crippen molar-refractivity contribution in [1.29, 1.82) is 0 Å². The molecule has 0 radical (unpaired) electrons. The summed E-state index contributed by atoms with van der Waals surface area (Å²) in [5.74, 6) is 0.871. The summed E-state index contributed by atoms with van der Waals surface area (Å²) in [4.78, 5) is 8.50. The van der Waals surface area contributed by atoms with Crippen LogP contribution < -0.4 is 14.7 Å². The Morgan fingerprint density at radius 1 is 1.15 bits per heavy atom. The van der Waals surface area contributed by atoms with E-state index in [0.717, 1.165) is 17.9 Å². The van der Waals surface area contributed by atoms with E-state index in [-0.39, 0.29) is 11.5 Å². The summed E-state index contributed by atoms with van der Waals surface area (Å²) in [6, 6.07) is 15.2. The zero-order valence-electron chi connectivity index (χ0n) is 16.8. The van der Waals surface area contributed by atoms with Crippen molar-refractivity contribution in [2.75, 3.05) is 31.2 Å². The molecule has 2 aliphatic rings. The summed E-state index contributed by atoms with van der Waals surface area (Å²) in [6.07, 6.45) is 5.41. The van der Waals surface area contributed by atoms with Crippen LogP contribution in [0, 0.1) is 5.41 Å². The van der Waals surface area contributed by atoms with Crippen LogP contribution in [0.5, 0.6) is 5.75 Å². The fourth-order valence-corrected chi connectivity index (χ4v) is 4.02. The quantitative estimate of drug-likeness (QED) is 0.795. The van der Waals surface area contributed by atoms with Gasteiger partial charge in [0.25, 0.3) is 0 Å². The zero-order valence-corrected chi connectivity index (χ0v) is 16.8. The molecule has 0 N–H and O–H groups in total. The number of rotatable bonds is 4. The van der Waals surface area contributed by atoms with E-state index in [9.17, 15) is 0 Å². The van der Waals surface area contributed by atoms with E-state index in [4.69, 9.17) is 9.57 Å². The Balaban J connectivity index is 1.55. The summed E-state index contributed by atoms with van der Waals surface area (Å²) < 4.78 is 5.40. The second-order valence-corrected chi connectivity index (χ2v) is 8.23. The van der Waals surface area contributed by atoms with Gasteiger partial charge in [-0.2, -0.15) is 0 Å². The molecule has 0 saturated carbocycles. The molecule has 2 aromatic carbocycles. The number of hydrogen-bond donors (Lipinski definition) is 0. The molecule has 4 heteroatoms. The second kappa shape index (κ2) is 6.61. The van der Waals surface area contributed by atoms with E-state index in [2.05, 4.69) is 86.5 Å². The highest BCUT2D eigenvalue weighted by Gasteiger charge is 2.52. The Morgan fingerprint density at radius 3 is 2.56 bits per heavy atom. The zero-order chi connectivity index (χ0) is 19.2. The minimum atomic E-state index is 0.0202. The lowest BCUT2D eigenvalue weighted by Crippen LogP contribution is -2.36. The average molecular weight is 364 g/mol. The number of benzene rings is 2. The lowest BCUT2D eigenvalue weighted by Gasteiger charge is -2.26. The van der Waals surface area contributed by atoms with E-state index in [0.29, 0.717) is 6.04 Å². The van der Waals surface area contributed by atoms with Gasteiger partial charge in [0, 0.05) is 31.3 Å². The lowest BCUT2D eigenvalue weighted by molar-refractivity contribution is 0.0849. The largest absolute Gasteiger partial charge is 0.497 e. The smallest absolute Gasteiger partial charge is 0.121 e. The van der Waals surface area contributed by atoms with Gasteiger partial charge >= 0.3 is 0 Å². The van der Waals surface area contributed by atoms with Gasteiger partial charge in [-0.3, -0.25) is 4.84 Å². The molecule has 2 atom stereocenters. The van der Waals surface area contributed by atoms with Crippen molar-refractivity contribution in [2.24, 2.45) is 5.41 Å². The molecule has 2 unspecified atom stereocenters. The number of fused-ring (bicyclic) bond motifs is 3. The number of methoxy groups -OCH3 is 1. The molecule has 4 rings (SSSR count). The van der Waals surface area contributed by atoms with Crippen molar-refractivity contribution in [3.8, 4) is 5.75 Å². The summed E-state index contributed by atoms with van der Waals surface area (Å²) in [7, 11) is 5.82. The second-order valence-electron chi connectivity index (χ2n) is 8.23. The first-order chi connectivity index (χ1) is 12.9. The van der Waals surface area contributed by atoms with Gasteiger partial charge < -0.3 is 9.64 Å². The van der Waals surface area contributed by atoms with Crippen LogP contribution >= 0.6 is 0 Å². The lowest BCUT2D eigenvalue weighted by atomic mass is 9.78. The number of anilines is 2. The highest BCUT2D eigenvalue weighted by atomic mass is 16.7. The standard InChI is InChI=1S/C23H28N2O2/c1-23(2)21-14-17-9-12-19(26-5)15-20(17)25(21)27-22(23)13-8-16-6-10-18(11-7-16)24(3)4/h6-13,15,21-22H,14H2,1-5H3. The molecular formula is C23H28N2O2. The third-order valence-electron chi connectivity index (χ3n) is 5.92. The van der Waals surface area contributed by atoms with Crippen molar-refractivity contribution in [2.45, 2.75) is 32.4 Å². The minimum absolute atomic E-state index is 0.0202. The average Bonchev–Trinajstić information content (AvgIpc) is 3.14. The summed E-state index contributed by atoms with van der Waals surface area (Å²) in [5.41, 5.74) is 4.88. The predicted octanol–water partition coefficient (Wildman–Crippen LogP) is 4.55. The molecule has 2 aromatic rings. The maximum atomic E-state index is 6.39. The Labute approximate surface area is 162 Å². The highest BCUT2D eigenvalue weighted by Crippen LogP contribution is 2.49. The van der Waals surface area contributed by atoms with Crippen LogP contribution in [0.2, 0.25) is 0 Å². The monoisotopic (exact) mass is 364 g/mol. The molecule has 0 bridgehead atoms. The molecule has 0 spiro atoms. The summed E-state index contributed by atoms with van der Waals surface area (Å²) >= 11 is 0. The van der Waals surface area contributed by atoms with Crippen LogP contribution in [0.3, 0.4) is 0 Å². The normalized spacial score (nSPS) is 22.8. The Hall–Kier alpha value is -2.46. The number of ether oxygens (including phenoxy) is 1. The number of hydroxylamine groups is 1. The number of hydrogen-bond acceptors (Lipinski definition) is 4. The molecule has 1 saturated heterocycles. The van der Waals surface area contributed by atoms with E-state index in [1.165, 1.54) is 16.8 Å². The van der Waals surface area contributed by atoms with Gasteiger partial charge in [-0.15, -0.1) is 0 Å². The van der Waals surface area contributed by atoms with Gasteiger partial charge in [0.05, 0.1) is 18.8 Å². The molecule has 1 fully saturated rings. The molecule has 2 heterocycles. The van der Waals surface area contributed by atoms with Gasteiger partial charge in [0.15, 0.2) is 0 Å². The first kappa shape index (κ1) is 17.9. The fourth-order valence-electron chi connectivity index (χ4n) is 4.02. The predicted molar refractivity (Wildman–Crippen MR) is 111 cm³/mol. The maximum absolute atomic E-state index is 6.39. The van der Waals surface area contributed by atoms with Gasteiger partial charge in [-0.25, -0.2) is 5.06 Å². The molecule has 2 aliphatic heterocycles. The minimum Gasteiger partial charge on any atom is -0.497 e. The molecule has 27 heavy (non-hydrogen) atoms. The maximum Gasteiger partial charge on any atom is 0.121 e. The van der Waals surface area contributed by atoms with Gasteiger partial charge in [0.1, 0.15) is 11.9 Å². The fraction of sp³-hybridized carbons (Fsp3) is 0.391. The van der Waals surface area contributed by atoms with Crippen molar-refractivity contribution in [1.82, 2.24) is 0 Å². The van der Waals surface area contributed by atoms with Crippen LogP contribution in [0.25, 0.3) is 6.08 Å². The summed E-state index contributed by atoms with van der Waals surface area (Å²) in [6.45, 7) is 4.59. The molecular weight excluding hydrogens is 336 g/mol.